The van der Waals surface area contributed by atoms with Gasteiger partial charge in [-0.2, -0.15) is 0 Å². The van der Waals surface area contributed by atoms with Crippen LogP contribution in [0.4, 0.5) is 0 Å². The lowest BCUT2D eigenvalue weighted by atomic mass is 9.97. The van der Waals surface area contributed by atoms with Gasteiger partial charge in [-0.1, -0.05) is 6.92 Å². The molecule has 4 nitrogen and oxygen atoms in total. The van der Waals surface area contributed by atoms with Gasteiger partial charge in [0.25, 0.3) is 0 Å². The minimum absolute atomic E-state index is 0.0395. The molecule has 0 saturated carbocycles. The van der Waals surface area contributed by atoms with Crippen LogP contribution >= 0.6 is 0 Å². The summed E-state index contributed by atoms with van der Waals surface area (Å²) in [5, 5.41) is 0. The maximum absolute atomic E-state index is 12.2. The summed E-state index contributed by atoms with van der Waals surface area (Å²) in [7, 11) is 0. The Balaban J connectivity index is 2.72. The Morgan fingerprint density at radius 2 is 2.27 bits per heavy atom. The van der Waals surface area contributed by atoms with Crippen molar-refractivity contribution < 1.29 is 9.53 Å². The van der Waals surface area contributed by atoms with E-state index in [-0.39, 0.29) is 17.4 Å². The fourth-order valence-electron chi connectivity index (χ4n) is 1.93. The van der Waals surface area contributed by atoms with Crippen LogP contribution in [0.2, 0.25) is 0 Å². The molecule has 1 unspecified atom stereocenters. The molecule has 0 aliphatic carbocycles. The number of carbonyl (C=O) groups excluding carboxylic acids is 1. The zero-order valence-corrected chi connectivity index (χ0v) is 9.95. The molecule has 1 heterocycles. The molecule has 1 saturated heterocycles. The van der Waals surface area contributed by atoms with Crippen LogP contribution < -0.4 is 5.73 Å². The van der Waals surface area contributed by atoms with E-state index in [1.807, 2.05) is 25.7 Å². The maximum Gasteiger partial charge on any atom is 0.227 e. The van der Waals surface area contributed by atoms with Crippen LogP contribution in [-0.2, 0) is 9.53 Å². The first-order valence-corrected chi connectivity index (χ1v) is 5.62. The Bertz CT molecular complexity index is 225. The summed E-state index contributed by atoms with van der Waals surface area (Å²) < 4.78 is 5.39. The molecule has 1 atom stereocenters. The first kappa shape index (κ1) is 12.5. The van der Waals surface area contributed by atoms with Crippen LogP contribution in [0.1, 0.15) is 27.2 Å². The summed E-state index contributed by atoms with van der Waals surface area (Å²) in [5.41, 5.74) is 5.40. The normalized spacial score (nSPS) is 22.5. The minimum Gasteiger partial charge on any atom is -0.377 e. The van der Waals surface area contributed by atoms with Gasteiger partial charge in [0.05, 0.1) is 24.7 Å². The molecule has 0 spiro atoms. The Morgan fingerprint density at radius 3 is 2.73 bits per heavy atom. The summed E-state index contributed by atoms with van der Waals surface area (Å²) in [6, 6.07) is 0. The SMILES string of the molecule is CCC(CN)C(=O)N1CCOCC1(C)C. The standard InChI is InChI=1S/C11H22N2O2/c1-4-9(7-12)10(14)13-5-6-15-8-11(13,2)3/h9H,4-8,12H2,1-3H3. The number of hydrogen-bond acceptors (Lipinski definition) is 3. The molecule has 0 bridgehead atoms. The van der Waals surface area contributed by atoms with Crippen molar-refractivity contribution in [2.45, 2.75) is 32.7 Å². The van der Waals surface area contributed by atoms with Gasteiger partial charge in [0.2, 0.25) is 5.91 Å². The van der Waals surface area contributed by atoms with Crippen molar-refractivity contribution in [1.82, 2.24) is 4.90 Å². The number of nitrogens with zero attached hydrogens (tertiary/aromatic N) is 1. The van der Waals surface area contributed by atoms with Gasteiger partial charge in [0.15, 0.2) is 0 Å². The number of morpholine rings is 1. The second-order valence-corrected chi connectivity index (χ2v) is 4.70. The zero-order valence-electron chi connectivity index (χ0n) is 9.95. The average Bonchev–Trinajstić information content (AvgIpc) is 2.18. The molecule has 15 heavy (non-hydrogen) atoms. The molecule has 0 aromatic rings. The molecular formula is C11H22N2O2. The van der Waals surface area contributed by atoms with E-state index in [4.69, 9.17) is 10.5 Å². The summed E-state index contributed by atoms with van der Waals surface area (Å²) in [6.07, 6.45) is 0.808. The van der Waals surface area contributed by atoms with Gasteiger partial charge in [-0.25, -0.2) is 0 Å². The minimum atomic E-state index is -0.197. The topological polar surface area (TPSA) is 55.6 Å². The van der Waals surface area contributed by atoms with Gasteiger partial charge in [-0.3, -0.25) is 4.79 Å². The van der Waals surface area contributed by atoms with Crippen LogP contribution in [0.25, 0.3) is 0 Å². The van der Waals surface area contributed by atoms with Gasteiger partial charge in [0.1, 0.15) is 0 Å². The Morgan fingerprint density at radius 1 is 1.60 bits per heavy atom. The maximum atomic E-state index is 12.2. The van der Waals surface area contributed by atoms with Crippen LogP contribution in [0.5, 0.6) is 0 Å². The van der Waals surface area contributed by atoms with Crippen molar-refractivity contribution in [1.29, 1.82) is 0 Å². The molecule has 2 N–H and O–H groups in total. The highest BCUT2D eigenvalue weighted by atomic mass is 16.5. The quantitative estimate of drug-likeness (QED) is 0.749. The lowest BCUT2D eigenvalue weighted by Crippen LogP contribution is -2.57. The van der Waals surface area contributed by atoms with Crippen LogP contribution in [0, 0.1) is 5.92 Å². The van der Waals surface area contributed by atoms with E-state index in [9.17, 15) is 4.79 Å². The number of ether oxygens (including phenoxy) is 1. The predicted octanol–water partition coefficient (Wildman–Crippen LogP) is 0.609. The van der Waals surface area contributed by atoms with Gasteiger partial charge >= 0.3 is 0 Å². The van der Waals surface area contributed by atoms with Crippen molar-refractivity contribution in [3.05, 3.63) is 0 Å². The van der Waals surface area contributed by atoms with Gasteiger partial charge < -0.3 is 15.4 Å². The highest BCUT2D eigenvalue weighted by Crippen LogP contribution is 2.21. The molecule has 1 aliphatic heterocycles. The van der Waals surface area contributed by atoms with Crippen LogP contribution in [0.3, 0.4) is 0 Å². The number of amides is 1. The van der Waals surface area contributed by atoms with E-state index in [0.717, 1.165) is 6.42 Å². The van der Waals surface area contributed by atoms with Crippen molar-refractivity contribution >= 4 is 5.91 Å². The fourth-order valence-corrected chi connectivity index (χ4v) is 1.93. The molecule has 4 heteroatoms. The first-order valence-electron chi connectivity index (χ1n) is 5.62. The molecule has 0 aromatic heterocycles. The molecule has 1 fully saturated rings. The summed E-state index contributed by atoms with van der Waals surface area (Å²) in [5.74, 6) is 0.135. The third-order valence-electron chi connectivity index (χ3n) is 3.04. The van der Waals surface area contributed by atoms with E-state index in [1.54, 1.807) is 0 Å². The average molecular weight is 214 g/mol. The van der Waals surface area contributed by atoms with Gasteiger partial charge in [-0.15, -0.1) is 0 Å². The third kappa shape index (κ3) is 2.69. The zero-order chi connectivity index (χ0) is 11.5. The van der Waals surface area contributed by atoms with Crippen LogP contribution in [0.15, 0.2) is 0 Å². The molecule has 1 aliphatic rings. The molecule has 88 valence electrons. The van der Waals surface area contributed by atoms with E-state index >= 15 is 0 Å². The second kappa shape index (κ2) is 4.94. The highest BCUT2D eigenvalue weighted by molar-refractivity contribution is 5.79. The number of rotatable bonds is 3. The molecule has 0 radical (unpaired) electrons. The van der Waals surface area contributed by atoms with E-state index in [2.05, 4.69) is 0 Å². The Hall–Kier alpha value is -0.610. The number of hydrogen-bond donors (Lipinski definition) is 1. The monoisotopic (exact) mass is 214 g/mol. The summed E-state index contributed by atoms with van der Waals surface area (Å²) in [4.78, 5) is 14.1. The van der Waals surface area contributed by atoms with Crippen molar-refractivity contribution in [2.24, 2.45) is 11.7 Å². The number of nitrogens with two attached hydrogens (primary N) is 1. The van der Waals surface area contributed by atoms with E-state index < -0.39 is 0 Å². The predicted molar refractivity (Wildman–Crippen MR) is 59.4 cm³/mol. The first-order chi connectivity index (χ1) is 7.03. The largest absolute Gasteiger partial charge is 0.377 e. The molecule has 0 aromatic carbocycles. The lowest BCUT2D eigenvalue weighted by Gasteiger charge is -2.43. The van der Waals surface area contributed by atoms with Crippen molar-refractivity contribution in [2.75, 3.05) is 26.3 Å². The third-order valence-corrected chi connectivity index (χ3v) is 3.04. The van der Waals surface area contributed by atoms with Gasteiger partial charge in [-0.05, 0) is 20.3 Å². The van der Waals surface area contributed by atoms with Gasteiger partial charge in [0, 0.05) is 13.1 Å². The van der Waals surface area contributed by atoms with E-state index in [0.29, 0.717) is 26.3 Å². The Kier molecular flexibility index (Phi) is 4.11. The second-order valence-electron chi connectivity index (χ2n) is 4.70. The summed E-state index contributed by atoms with van der Waals surface area (Å²) >= 11 is 0. The Labute approximate surface area is 91.8 Å². The molecular weight excluding hydrogens is 192 g/mol. The van der Waals surface area contributed by atoms with Crippen LogP contribution in [-0.4, -0.2) is 42.6 Å². The number of carbonyl (C=O) groups is 1. The molecule has 1 rings (SSSR count). The summed E-state index contributed by atoms with van der Waals surface area (Å²) in [6.45, 7) is 8.44. The van der Waals surface area contributed by atoms with Crippen molar-refractivity contribution in [3.63, 3.8) is 0 Å². The fraction of sp³-hybridized carbons (Fsp3) is 0.909. The smallest absolute Gasteiger partial charge is 0.227 e. The van der Waals surface area contributed by atoms with Crippen molar-refractivity contribution in [3.8, 4) is 0 Å². The highest BCUT2D eigenvalue weighted by Gasteiger charge is 2.36. The lowest BCUT2D eigenvalue weighted by molar-refractivity contribution is -0.150. The van der Waals surface area contributed by atoms with E-state index in [1.165, 1.54) is 0 Å². The molecule has 1 amide bonds.